The molecule has 0 radical (unpaired) electrons. The molecule has 13 heavy (non-hydrogen) atoms. The summed E-state index contributed by atoms with van der Waals surface area (Å²) in [7, 11) is 0. The molecule has 0 amide bonds. The number of nitrogens with zero attached hydrogens (tertiary/aromatic N) is 1. The van der Waals surface area contributed by atoms with Gasteiger partial charge in [0, 0.05) is 6.61 Å². The predicted octanol–water partition coefficient (Wildman–Crippen LogP) is 0.413. The molecule has 1 fully saturated rings. The van der Waals surface area contributed by atoms with Crippen molar-refractivity contribution in [3.05, 3.63) is 15.3 Å². The van der Waals surface area contributed by atoms with Gasteiger partial charge in [-0.3, -0.25) is 9.67 Å². The first kappa shape index (κ1) is 8.71. The summed E-state index contributed by atoms with van der Waals surface area (Å²) in [6, 6.07) is 0. The van der Waals surface area contributed by atoms with E-state index in [2.05, 4.69) is 10.2 Å². The maximum atomic E-state index is 11.2. The van der Waals surface area contributed by atoms with Crippen LogP contribution < -0.4 is 5.69 Å². The molecular formula is C7H11N3O2S. The molecule has 2 rings (SSSR count). The molecule has 1 aliphatic rings. The van der Waals surface area contributed by atoms with Crippen molar-refractivity contribution < 1.29 is 4.74 Å². The number of nitrogens with one attached hydrogen (secondary N) is 2. The molecular weight excluding hydrogens is 190 g/mol. The third-order valence-corrected chi connectivity index (χ3v) is 2.50. The molecule has 1 aromatic heterocycles. The normalized spacial score (nSPS) is 22.3. The van der Waals surface area contributed by atoms with E-state index in [-0.39, 0.29) is 11.8 Å². The van der Waals surface area contributed by atoms with Crippen LogP contribution >= 0.6 is 12.2 Å². The highest BCUT2D eigenvalue weighted by Gasteiger charge is 2.17. The Balaban J connectivity index is 2.17. The van der Waals surface area contributed by atoms with Gasteiger partial charge in [0.05, 0.1) is 12.6 Å². The second-order valence-corrected chi connectivity index (χ2v) is 3.49. The van der Waals surface area contributed by atoms with E-state index in [1.807, 2.05) is 0 Å². The van der Waals surface area contributed by atoms with Crippen molar-refractivity contribution in [1.29, 1.82) is 0 Å². The standard InChI is InChI=1S/C7H11N3O2S/c11-6-8-9-7(13)10(6)4-5-2-1-3-12-5/h5H,1-4H2,(H,8,11)(H,9,13)/t5-/m1/s1. The fraction of sp³-hybridized carbons (Fsp3) is 0.714. The van der Waals surface area contributed by atoms with E-state index in [0.29, 0.717) is 11.3 Å². The van der Waals surface area contributed by atoms with E-state index in [0.717, 1.165) is 19.4 Å². The molecule has 1 aliphatic heterocycles. The fourth-order valence-corrected chi connectivity index (χ4v) is 1.70. The van der Waals surface area contributed by atoms with Gasteiger partial charge < -0.3 is 4.74 Å². The summed E-state index contributed by atoms with van der Waals surface area (Å²) in [4.78, 5) is 11.2. The second kappa shape index (κ2) is 3.47. The lowest BCUT2D eigenvalue weighted by molar-refractivity contribution is 0.0958. The molecule has 5 nitrogen and oxygen atoms in total. The Hall–Kier alpha value is -0.880. The monoisotopic (exact) mass is 201 g/mol. The molecule has 2 heterocycles. The van der Waals surface area contributed by atoms with E-state index >= 15 is 0 Å². The lowest BCUT2D eigenvalue weighted by atomic mass is 10.2. The number of aromatic nitrogens is 3. The Morgan fingerprint density at radius 1 is 1.62 bits per heavy atom. The number of rotatable bonds is 2. The van der Waals surface area contributed by atoms with Crippen LogP contribution in [0, 0.1) is 4.77 Å². The molecule has 0 bridgehead atoms. The molecule has 1 atom stereocenters. The summed E-state index contributed by atoms with van der Waals surface area (Å²) in [6.45, 7) is 1.35. The molecule has 1 saturated heterocycles. The summed E-state index contributed by atoms with van der Waals surface area (Å²) < 4.78 is 7.32. The fourth-order valence-electron chi connectivity index (χ4n) is 1.49. The molecule has 0 saturated carbocycles. The van der Waals surface area contributed by atoms with Crippen molar-refractivity contribution in [3.63, 3.8) is 0 Å². The average molecular weight is 201 g/mol. The third kappa shape index (κ3) is 1.73. The first-order chi connectivity index (χ1) is 6.27. The third-order valence-electron chi connectivity index (χ3n) is 2.18. The van der Waals surface area contributed by atoms with Crippen LogP contribution in [-0.4, -0.2) is 27.5 Å². The first-order valence-electron chi connectivity index (χ1n) is 4.26. The zero-order valence-corrected chi connectivity index (χ0v) is 7.89. The highest BCUT2D eigenvalue weighted by molar-refractivity contribution is 7.71. The molecule has 72 valence electrons. The maximum absolute atomic E-state index is 11.2. The Morgan fingerprint density at radius 3 is 3.00 bits per heavy atom. The SMILES string of the molecule is O=c1[nH][nH]c(=S)n1C[C@H]1CCCO1. The molecule has 0 spiro atoms. The van der Waals surface area contributed by atoms with Crippen LogP contribution in [0.2, 0.25) is 0 Å². The molecule has 0 unspecified atom stereocenters. The van der Waals surface area contributed by atoms with Gasteiger partial charge in [-0.2, -0.15) is 0 Å². The second-order valence-electron chi connectivity index (χ2n) is 3.11. The minimum absolute atomic E-state index is 0.142. The molecule has 1 aromatic rings. The minimum Gasteiger partial charge on any atom is -0.376 e. The Labute approximate surface area is 79.7 Å². The van der Waals surface area contributed by atoms with Crippen molar-refractivity contribution >= 4 is 12.2 Å². The van der Waals surface area contributed by atoms with Crippen molar-refractivity contribution in [2.24, 2.45) is 0 Å². The van der Waals surface area contributed by atoms with Crippen LogP contribution in [0.15, 0.2) is 4.79 Å². The van der Waals surface area contributed by atoms with Gasteiger partial charge in [0.1, 0.15) is 0 Å². The molecule has 6 heteroatoms. The molecule has 0 aliphatic carbocycles. The van der Waals surface area contributed by atoms with Crippen LogP contribution in [-0.2, 0) is 11.3 Å². The Morgan fingerprint density at radius 2 is 2.46 bits per heavy atom. The van der Waals surface area contributed by atoms with E-state index in [1.54, 1.807) is 0 Å². The zero-order valence-electron chi connectivity index (χ0n) is 7.08. The summed E-state index contributed by atoms with van der Waals surface area (Å²) in [5, 5.41) is 5.03. The summed E-state index contributed by atoms with van der Waals surface area (Å²) in [5.74, 6) is 0. The number of aromatic amines is 2. The lowest BCUT2D eigenvalue weighted by Gasteiger charge is -2.07. The van der Waals surface area contributed by atoms with Gasteiger partial charge in [-0.15, -0.1) is 0 Å². The largest absolute Gasteiger partial charge is 0.376 e. The van der Waals surface area contributed by atoms with Crippen molar-refractivity contribution in [2.75, 3.05) is 6.61 Å². The summed E-state index contributed by atoms with van der Waals surface area (Å²) in [6.07, 6.45) is 2.22. The quantitative estimate of drug-likeness (QED) is 0.681. The van der Waals surface area contributed by atoms with Gasteiger partial charge in [0.25, 0.3) is 0 Å². The van der Waals surface area contributed by atoms with E-state index in [1.165, 1.54) is 4.57 Å². The number of H-pyrrole nitrogens is 2. The van der Waals surface area contributed by atoms with Crippen molar-refractivity contribution in [1.82, 2.24) is 14.8 Å². The van der Waals surface area contributed by atoms with E-state index < -0.39 is 0 Å². The number of hydrogen-bond acceptors (Lipinski definition) is 3. The van der Waals surface area contributed by atoms with Crippen LogP contribution in [0.4, 0.5) is 0 Å². The average Bonchev–Trinajstić information content (AvgIpc) is 2.70. The van der Waals surface area contributed by atoms with Gasteiger partial charge in [-0.05, 0) is 25.1 Å². The number of hydrogen-bond donors (Lipinski definition) is 2. The first-order valence-corrected chi connectivity index (χ1v) is 4.67. The van der Waals surface area contributed by atoms with Gasteiger partial charge in [-0.25, -0.2) is 9.89 Å². The molecule has 0 aromatic carbocycles. The molecule has 2 N–H and O–H groups in total. The van der Waals surface area contributed by atoms with Crippen LogP contribution in [0.1, 0.15) is 12.8 Å². The van der Waals surface area contributed by atoms with Gasteiger partial charge in [0.2, 0.25) is 0 Å². The van der Waals surface area contributed by atoms with Gasteiger partial charge in [0.15, 0.2) is 4.77 Å². The smallest absolute Gasteiger partial charge is 0.342 e. The van der Waals surface area contributed by atoms with Crippen LogP contribution in [0.5, 0.6) is 0 Å². The van der Waals surface area contributed by atoms with E-state index in [4.69, 9.17) is 17.0 Å². The highest BCUT2D eigenvalue weighted by atomic mass is 32.1. The Bertz CT molecular complexity index is 357. The number of ether oxygens (including phenoxy) is 1. The highest BCUT2D eigenvalue weighted by Crippen LogP contribution is 2.12. The maximum Gasteiger partial charge on any atom is 0.342 e. The zero-order chi connectivity index (χ0) is 9.26. The van der Waals surface area contributed by atoms with Crippen molar-refractivity contribution in [2.45, 2.75) is 25.5 Å². The van der Waals surface area contributed by atoms with Gasteiger partial charge in [-0.1, -0.05) is 0 Å². The van der Waals surface area contributed by atoms with E-state index in [9.17, 15) is 4.79 Å². The minimum atomic E-state index is -0.194. The van der Waals surface area contributed by atoms with Gasteiger partial charge >= 0.3 is 5.69 Å². The Kier molecular flexibility index (Phi) is 2.32. The predicted molar refractivity (Wildman–Crippen MR) is 49.2 cm³/mol. The van der Waals surface area contributed by atoms with Crippen LogP contribution in [0.3, 0.4) is 0 Å². The summed E-state index contributed by atoms with van der Waals surface area (Å²) in [5.41, 5.74) is -0.194. The summed E-state index contributed by atoms with van der Waals surface area (Å²) >= 11 is 4.93. The lowest BCUT2D eigenvalue weighted by Crippen LogP contribution is -2.24. The van der Waals surface area contributed by atoms with Crippen LogP contribution in [0.25, 0.3) is 0 Å². The van der Waals surface area contributed by atoms with Crippen molar-refractivity contribution in [3.8, 4) is 0 Å². The topological polar surface area (TPSA) is 62.8 Å².